The van der Waals surface area contributed by atoms with E-state index in [0.29, 0.717) is 6.61 Å². The molecule has 0 spiro atoms. The third kappa shape index (κ3) is 8.46. The quantitative estimate of drug-likeness (QED) is 0.306. The first kappa shape index (κ1) is 25.0. The lowest BCUT2D eigenvalue weighted by atomic mass is 10.0. The summed E-state index contributed by atoms with van der Waals surface area (Å²) < 4.78 is 35.4. The third-order valence-electron chi connectivity index (χ3n) is 4.31. The summed E-state index contributed by atoms with van der Waals surface area (Å²) in [6.45, 7) is 1.69. The molecule has 0 heterocycles. The standard InChI is InChI=1S/C17H21NO.C6H5NO5S/c1-18(2)14-16-9-7-6-8-15(16)12-13-19-17-10-4-3-5-11-17;8-7(9)5-2-1-3-6(4-5)13(10,11)12/h3-11H,12-14H2,1-2H3;1-4H,(H,10,11,12). The van der Waals surface area contributed by atoms with Gasteiger partial charge in [0.1, 0.15) is 10.6 Å². The van der Waals surface area contributed by atoms with Gasteiger partial charge in [0.2, 0.25) is 0 Å². The fourth-order valence-corrected chi connectivity index (χ4v) is 3.37. The third-order valence-corrected chi connectivity index (χ3v) is 5.16. The first-order valence-electron chi connectivity index (χ1n) is 9.78. The molecule has 9 heteroatoms. The number of rotatable bonds is 8. The van der Waals surface area contributed by atoms with E-state index in [1.54, 1.807) is 0 Å². The lowest BCUT2D eigenvalue weighted by Gasteiger charge is -2.14. The smallest absolute Gasteiger partial charge is 0.294 e. The van der Waals surface area contributed by atoms with Gasteiger partial charge in [0.25, 0.3) is 15.8 Å². The Bertz CT molecular complexity index is 1120. The molecule has 0 saturated carbocycles. The molecule has 0 fully saturated rings. The van der Waals surface area contributed by atoms with Crippen LogP contribution in [0.1, 0.15) is 11.1 Å². The van der Waals surface area contributed by atoms with Gasteiger partial charge in [-0.1, -0.05) is 48.5 Å². The average Bonchev–Trinajstić information content (AvgIpc) is 2.75. The van der Waals surface area contributed by atoms with Gasteiger partial charge in [0, 0.05) is 25.1 Å². The highest BCUT2D eigenvalue weighted by Crippen LogP contribution is 2.16. The molecule has 0 amide bonds. The second-order valence-electron chi connectivity index (χ2n) is 7.15. The van der Waals surface area contributed by atoms with Gasteiger partial charge in [-0.3, -0.25) is 14.7 Å². The van der Waals surface area contributed by atoms with Crippen LogP contribution in [0.3, 0.4) is 0 Å². The van der Waals surface area contributed by atoms with Gasteiger partial charge in [0.15, 0.2) is 0 Å². The maximum atomic E-state index is 10.5. The SMILES string of the molecule is CN(C)Cc1ccccc1CCOc1ccccc1.O=[N+]([O-])c1cccc(S(=O)(=O)O)c1. The van der Waals surface area contributed by atoms with Crippen molar-refractivity contribution in [2.45, 2.75) is 17.9 Å². The second-order valence-corrected chi connectivity index (χ2v) is 8.57. The lowest BCUT2D eigenvalue weighted by Crippen LogP contribution is -2.13. The molecule has 0 atom stereocenters. The van der Waals surface area contributed by atoms with Crippen LogP contribution in [0.4, 0.5) is 5.69 Å². The first-order valence-corrected chi connectivity index (χ1v) is 11.2. The van der Waals surface area contributed by atoms with E-state index in [2.05, 4.69) is 43.3 Å². The number of non-ortho nitro benzene ring substituents is 1. The van der Waals surface area contributed by atoms with Crippen LogP contribution in [0.25, 0.3) is 0 Å². The topological polar surface area (TPSA) is 110 Å². The van der Waals surface area contributed by atoms with E-state index >= 15 is 0 Å². The van der Waals surface area contributed by atoms with E-state index in [9.17, 15) is 18.5 Å². The summed E-state index contributed by atoms with van der Waals surface area (Å²) in [5.41, 5.74) is 2.37. The van der Waals surface area contributed by atoms with Gasteiger partial charge < -0.3 is 9.64 Å². The van der Waals surface area contributed by atoms with Gasteiger partial charge in [-0.15, -0.1) is 0 Å². The zero-order valence-corrected chi connectivity index (χ0v) is 18.7. The van der Waals surface area contributed by atoms with Crippen LogP contribution in [0.5, 0.6) is 5.75 Å². The molecular weight excluding hydrogens is 432 g/mol. The molecule has 0 aliphatic heterocycles. The summed E-state index contributed by atoms with van der Waals surface area (Å²) in [6.07, 6.45) is 0.943. The monoisotopic (exact) mass is 458 g/mol. The van der Waals surface area contributed by atoms with Crippen molar-refractivity contribution in [3.8, 4) is 5.75 Å². The van der Waals surface area contributed by atoms with Gasteiger partial charge in [-0.2, -0.15) is 8.42 Å². The van der Waals surface area contributed by atoms with Gasteiger partial charge >= 0.3 is 0 Å². The highest BCUT2D eigenvalue weighted by Gasteiger charge is 2.13. The zero-order chi connectivity index (χ0) is 23.6. The van der Waals surface area contributed by atoms with Crippen LogP contribution in [-0.2, 0) is 23.1 Å². The number of hydrogen-bond donors (Lipinski definition) is 1. The number of para-hydroxylation sites is 1. The van der Waals surface area contributed by atoms with Gasteiger partial charge in [0.05, 0.1) is 11.5 Å². The molecule has 3 aromatic rings. The van der Waals surface area contributed by atoms with Crippen molar-refractivity contribution >= 4 is 15.8 Å². The Labute approximate surface area is 188 Å². The van der Waals surface area contributed by atoms with E-state index in [4.69, 9.17) is 9.29 Å². The Morgan fingerprint density at radius 3 is 2.16 bits per heavy atom. The van der Waals surface area contributed by atoms with Crippen molar-refractivity contribution in [2.24, 2.45) is 0 Å². The molecule has 32 heavy (non-hydrogen) atoms. The Kier molecular flexibility index (Phi) is 9.33. The van der Waals surface area contributed by atoms with Crippen LogP contribution in [-0.4, -0.2) is 43.5 Å². The fraction of sp³-hybridized carbons (Fsp3) is 0.217. The average molecular weight is 459 g/mol. The second kappa shape index (κ2) is 11.9. The Balaban J connectivity index is 0.000000244. The Morgan fingerprint density at radius 1 is 0.938 bits per heavy atom. The Morgan fingerprint density at radius 2 is 1.56 bits per heavy atom. The Hall–Kier alpha value is -3.27. The summed E-state index contributed by atoms with van der Waals surface area (Å²) in [4.78, 5) is 11.2. The van der Waals surface area contributed by atoms with Crippen LogP contribution >= 0.6 is 0 Å². The number of ether oxygens (including phenoxy) is 1. The number of nitro benzene ring substituents is 1. The molecule has 3 rings (SSSR count). The largest absolute Gasteiger partial charge is 0.493 e. The summed E-state index contributed by atoms with van der Waals surface area (Å²) in [5.74, 6) is 0.938. The lowest BCUT2D eigenvalue weighted by molar-refractivity contribution is -0.385. The first-order chi connectivity index (χ1) is 15.2. The van der Waals surface area contributed by atoms with Crippen molar-refractivity contribution in [1.29, 1.82) is 0 Å². The normalized spacial score (nSPS) is 10.9. The summed E-state index contributed by atoms with van der Waals surface area (Å²) in [7, 11) is -0.174. The van der Waals surface area contributed by atoms with Crippen LogP contribution in [0.15, 0.2) is 83.8 Å². The van der Waals surface area contributed by atoms with Crippen LogP contribution in [0.2, 0.25) is 0 Å². The van der Waals surface area contributed by atoms with E-state index in [1.807, 2.05) is 30.3 Å². The summed E-state index contributed by atoms with van der Waals surface area (Å²) in [6, 6.07) is 22.7. The predicted molar refractivity (Wildman–Crippen MR) is 122 cm³/mol. The number of nitro groups is 1. The molecule has 1 N–H and O–H groups in total. The minimum absolute atomic E-state index is 0.380. The van der Waals surface area contributed by atoms with Crippen molar-refractivity contribution < 1.29 is 22.6 Å². The molecule has 0 saturated heterocycles. The van der Waals surface area contributed by atoms with Gasteiger partial charge in [-0.25, -0.2) is 0 Å². The minimum Gasteiger partial charge on any atom is -0.493 e. The molecule has 0 aliphatic carbocycles. The highest BCUT2D eigenvalue weighted by atomic mass is 32.2. The summed E-state index contributed by atoms with van der Waals surface area (Å²) in [5, 5.41) is 10.2. The predicted octanol–water partition coefficient (Wildman–Crippen LogP) is 4.21. The molecule has 170 valence electrons. The van der Waals surface area contributed by atoms with Crippen LogP contribution < -0.4 is 4.74 Å². The van der Waals surface area contributed by atoms with Crippen molar-refractivity contribution in [2.75, 3.05) is 20.7 Å². The molecule has 8 nitrogen and oxygen atoms in total. The van der Waals surface area contributed by atoms with Crippen LogP contribution in [0, 0.1) is 10.1 Å². The van der Waals surface area contributed by atoms with E-state index in [0.717, 1.165) is 36.9 Å². The molecule has 0 radical (unpaired) electrons. The van der Waals surface area contributed by atoms with E-state index in [1.165, 1.54) is 17.2 Å². The number of nitrogens with zero attached hydrogens (tertiary/aromatic N) is 2. The molecule has 0 unspecified atom stereocenters. The zero-order valence-electron chi connectivity index (χ0n) is 17.9. The fourth-order valence-electron chi connectivity index (χ4n) is 2.85. The maximum Gasteiger partial charge on any atom is 0.294 e. The van der Waals surface area contributed by atoms with E-state index in [-0.39, 0.29) is 5.69 Å². The van der Waals surface area contributed by atoms with Crippen molar-refractivity contribution in [3.63, 3.8) is 0 Å². The molecule has 3 aromatic carbocycles. The van der Waals surface area contributed by atoms with Gasteiger partial charge in [-0.05, 0) is 43.4 Å². The minimum atomic E-state index is -4.36. The van der Waals surface area contributed by atoms with Crippen molar-refractivity contribution in [3.05, 3.63) is 100 Å². The molecule has 0 bridgehead atoms. The number of benzene rings is 3. The summed E-state index contributed by atoms with van der Waals surface area (Å²) >= 11 is 0. The molecule has 0 aliphatic rings. The van der Waals surface area contributed by atoms with E-state index < -0.39 is 19.9 Å². The molecule has 0 aromatic heterocycles. The number of hydrogen-bond acceptors (Lipinski definition) is 6. The highest BCUT2D eigenvalue weighted by molar-refractivity contribution is 7.85. The molecular formula is C23H26N2O6S. The maximum absolute atomic E-state index is 10.5. The van der Waals surface area contributed by atoms with Crippen molar-refractivity contribution in [1.82, 2.24) is 4.90 Å².